The number of aryl methyl sites for hydroxylation is 1. The standard InChI is InChI=1S/C11H19N3O/c1-11(5-3-7-15-11)10-13-8-9(14-10)4-2-6-12/h8H,2-7,12H2,1H3,(H,13,14). The zero-order chi connectivity index (χ0) is 10.7. The summed E-state index contributed by atoms with van der Waals surface area (Å²) < 4.78 is 5.73. The molecule has 1 saturated heterocycles. The third-order valence-electron chi connectivity index (χ3n) is 3.00. The third kappa shape index (κ3) is 2.21. The summed E-state index contributed by atoms with van der Waals surface area (Å²) in [6, 6.07) is 0. The Bertz CT molecular complexity index is 315. The molecule has 0 bridgehead atoms. The predicted octanol–water partition coefficient (Wildman–Crippen LogP) is 1.33. The van der Waals surface area contributed by atoms with Crippen molar-refractivity contribution in [1.82, 2.24) is 9.97 Å². The summed E-state index contributed by atoms with van der Waals surface area (Å²) >= 11 is 0. The Morgan fingerprint density at radius 3 is 3.20 bits per heavy atom. The lowest BCUT2D eigenvalue weighted by molar-refractivity contribution is 0.00994. The zero-order valence-electron chi connectivity index (χ0n) is 9.25. The van der Waals surface area contributed by atoms with E-state index in [0.717, 1.165) is 50.4 Å². The molecule has 0 aromatic carbocycles. The largest absolute Gasteiger partial charge is 0.367 e. The Labute approximate surface area is 90.2 Å². The molecule has 0 saturated carbocycles. The molecule has 2 heterocycles. The molecular formula is C11H19N3O. The van der Waals surface area contributed by atoms with Gasteiger partial charge in [-0.15, -0.1) is 0 Å². The number of hydrogen-bond donors (Lipinski definition) is 2. The fourth-order valence-electron chi connectivity index (χ4n) is 2.01. The molecule has 0 aliphatic carbocycles. The van der Waals surface area contributed by atoms with Crippen LogP contribution >= 0.6 is 0 Å². The molecule has 84 valence electrons. The lowest BCUT2D eigenvalue weighted by Crippen LogP contribution is -2.21. The van der Waals surface area contributed by atoms with Crippen LogP contribution < -0.4 is 5.73 Å². The SMILES string of the molecule is CC1(c2ncc(CCCN)[nH]2)CCCO1. The van der Waals surface area contributed by atoms with Gasteiger partial charge in [0.25, 0.3) is 0 Å². The molecule has 1 fully saturated rings. The average molecular weight is 209 g/mol. The summed E-state index contributed by atoms with van der Waals surface area (Å²) in [7, 11) is 0. The fourth-order valence-corrected chi connectivity index (χ4v) is 2.01. The number of aromatic nitrogens is 2. The summed E-state index contributed by atoms with van der Waals surface area (Å²) in [5.74, 6) is 0.965. The van der Waals surface area contributed by atoms with E-state index < -0.39 is 0 Å². The Hall–Kier alpha value is -0.870. The van der Waals surface area contributed by atoms with E-state index in [2.05, 4.69) is 16.9 Å². The quantitative estimate of drug-likeness (QED) is 0.786. The van der Waals surface area contributed by atoms with E-state index in [1.54, 1.807) is 0 Å². The van der Waals surface area contributed by atoms with Crippen LogP contribution in [0.1, 0.15) is 37.7 Å². The van der Waals surface area contributed by atoms with Crippen molar-refractivity contribution in [2.45, 2.75) is 38.2 Å². The lowest BCUT2D eigenvalue weighted by atomic mass is 10.0. The normalized spacial score (nSPS) is 26.0. The first kappa shape index (κ1) is 10.6. The molecular weight excluding hydrogens is 190 g/mol. The average Bonchev–Trinajstić information content (AvgIpc) is 2.84. The highest BCUT2D eigenvalue weighted by molar-refractivity contribution is 5.09. The van der Waals surface area contributed by atoms with Gasteiger partial charge in [0.2, 0.25) is 0 Å². The molecule has 1 aromatic rings. The summed E-state index contributed by atoms with van der Waals surface area (Å²) in [6.45, 7) is 3.67. The van der Waals surface area contributed by atoms with Gasteiger partial charge in [-0.2, -0.15) is 0 Å². The molecule has 0 radical (unpaired) electrons. The molecule has 1 aliphatic rings. The van der Waals surface area contributed by atoms with E-state index in [1.165, 1.54) is 0 Å². The Morgan fingerprint density at radius 1 is 1.67 bits per heavy atom. The smallest absolute Gasteiger partial charge is 0.138 e. The van der Waals surface area contributed by atoms with Crippen molar-refractivity contribution in [3.63, 3.8) is 0 Å². The number of rotatable bonds is 4. The van der Waals surface area contributed by atoms with Crippen molar-refractivity contribution in [3.05, 3.63) is 17.7 Å². The van der Waals surface area contributed by atoms with Crippen molar-refractivity contribution >= 4 is 0 Å². The van der Waals surface area contributed by atoms with Crippen LogP contribution in [0.25, 0.3) is 0 Å². The van der Waals surface area contributed by atoms with Crippen LogP contribution in [0.15, 0.2) is 6.20 Å². The van der Waals surface area contributed by atoms with Gasteiger partial charge in [-0.3, -0.25) is 0 Å². The van der Waals surface area contributed by atoms with Crippen LogP contribution in [0.3, 0.4) is 0 Å². The first-order valence-corrected chi connectivity index (χ1v) is 5.63. The number of nitrogens with one attached hydrogen (secondary N) is 1. The Balaban J connectivity index is 2.05. The predicted molar refractivity (Wildman–Crippen MR) is 58.5 cm³/mol. The molecule has 15 heavy (non-hydrogen) atoms. The molecule has 1 atom stereocenters. The van der Waals surface area contributed by atoms with Gasteiger partial charge in [-0.05, 0) is 39.2 Å². The van der Waals surface area contributed by atoms with Crippen LogP contribution in [-0.2, 0) is 16.8 Å². The molecule has 0 spiro atoms. The first-order chi connectivity index (χ1) is 7.24. The van der Waals surface area contributed by atoms with Crippen molar-refractivity contribution in [2.75, 3.05) is 13.2 Å². The van der Waals surface area contributed by atoms with Gasteiger partial charge in [0.1, 0.15) is 11.4 Å². The van der Waals surface area contributed by atoms with Crippen LogP contribution in [-0.4, -0.2) is 23.1 Å². The second-order valence-corrected chi connectivity index (χ2v) is 4.33. The number of H-pyrrole nitrogens is 1. The molecule has 1 aromatic heterocycles. The third-order valence-corrected chi connectivity index (χ3v) is 3.00. The van der Waals surface area contributed by atoms with Gasteiger partial charge in [-0.25, -0.2) is 4.98 Å². The topological polar surface area (TPSA) is 63.9 Å². The number of imidazole rings is 1. The summed E-state index contributed by atoms with van der Waals surface area (Å²) in [6.07, 6.45) is 6.04. The molecule has 1 aliphatic heterocycles. The number of aromatic amines is 1. The molecule has 4 nitrogen and oxygen atoms in total. The van der Waals surface area contributed by atoms with E-state index >= 15 is 0 Å². The number of nitrogens with two attached hydrogens (primary N) is 1. The minimum atomic E-state index is -0.193. The van der Waals surface area contributed by atoms with E-state index in [0.29, 0.717) is 0 Å². The Kier molecular flexibility index (Phi) is 3.07. The second-order valence-electron chi connectivity index (χ2n) is 4.33. The second kappa shape index (κ2) is 4.33. The van der Waals surface area contributed by atoms with Crippen LogP contribution in [0, 0.1) is 0 Å². The van der Waals surface area contributed by atoms with Crippen molar-refractivity contribution in [2.24, 2.45) is 5.73 Å². The molecule has 3 N–H and O–H groups in total. The minimum absolute atomic E-state index is 0.193. The summed E-state index contributed by atoms with van der Waals surface area (Å²) in [4.78, 5) is 7.74. The number of ether oxygens (including phenoxy) is 1. The zero-order valence-corrected chi connectivity index (χ0v) is 9.25. The van der Waals surface area contributed by atoms with E-state index in [1.807, 2.05) is 6.20 Å². The maximum Gasteiger partial charge on any atom is 0.138 e. The highest BCUT2D eigenvalue weighted by atomic mass is 16.5. The van der Waals surface area contributed by atoms with Gasteiger partial charge in [0.15, 0.2) is 0 Å². The maximum atomic E-state index is 5.73. The monoisotopic (exact) mass is 209 g/mol. The highest BCUT2D eigenvalue weighted by Gasteiger charge is 2.34. The lowest BCUT2D eigenvalue weighted by Gasteiger charge is -2.19. The number of nitrogens with zero attached hydrogens (tertiary/aromatic N) is 1. The van der Waals surface area contributed by atoms with Crippen LogP contribution in [0.2, 0.25) is 0 Å². The van der Waals surface area contributed by atoms with Gasteiger partial charge >= 0.3 is 0 Å². The van der Waals surface area contributed by atoms with E-state index in [4.69, 9.17) is 10.5 Å². The molecule has 1 unspecified atom stereocenters. The van der Waals surface area contributed by atoms with Gasteiger partial charge in [-0.1, -0.05) is 0 Å². The molecule has 2 rings (SSSR count). The Morgan fingerprint density at radius 2 is 2.53 bits per heavy atom. The highest BCUT2D eigenvalue weighted by Crippen LogP contribution is 2.33. The maximum absolute atomic E-state index is 5.73. The fraction of sp³-hybridized carbons (Fsp3) is 0.727. The molecule has 4 heteroatoms. The van der Waals surface area contributed by atoms with Crippen molar-refractivity contribution in [1.29, 1.82) is 0 Å². The van der Waals surface area contributed by atoms with E-state index in [9.17, 15) is 0 Å². The van der Waals surface area contributed by atoms with Gasteiger partial charge < -0.3 is 15.5 Å². The van der Waals surface area contributed by atoms with Crippen LogP contribution in [0.5, 0.6) is 0 Å². The summed E-state index contributed by atoms with van der Waals surface area (Å²) in [5.41, 5.74) is 6.44. The van der Waals surface area contributed by atoms with Crippen LogP contribution in [0.4, 0.5) is 0 Å². The van der Waals surface area contributed by atoms with Gasteiger partial charge in [0.05, 0.1) is 0 Å². The van der Waals surface area contributed by atoms with Crippen molar-refractivity contribution < 1.29 is 4.74 Å². The van der Waals surface area contributed by atoms with Crippen molar-refractivity contribution in [3.8, 4) is 0 Å². The van der Waals surface area contributed by atoms with E-state index in [-0.39, 0.29) is 5.60 Å². The van der Waals surface area contributed by atoms with Gasteiger partial charge in [0, 0.05) is 18.5 Å². The number of hydrogen-bond acceptors (Lipinski definition) is 3. The first-order valence-electron chi connectivity index (χ1n) is 5.63. The molecule has 0 amide bonds. The summed E-state index contributed by atoms with van der Waals surface area (Å²) in [5, 5.41) is 0. The minimum Gasteiger partial charge on any atom is -0.367 e.